The van der Waals surface area contributed by atoms with Gasteiger partial charge in [0, 0.05) is 5.56 Å². The minimum atomic E-state index is -0.913. The fraction of sp³-hybridized carbons (Fsp3) is 0.529. The number of carboxylic acid groups (broad SMARTS) is 1. The van der Waals surface area contributed by atoms with Crippen molar-refractivity contribution in [3.05, 3.63) is 29.8 Å². The Morgan fingerprint density at radius 1 is 1.23 bits per heavy atom. The molecule has 1 aromatic carbocycles. The molecule has 0 saturated heterocycles. The van der Waals surface area contributed by atoms with Crippen LogP contribution < -0.4 is 10.1 Å². The summed E-state index contributed by atoms with van der Waals surface area (Å²) >= 11 is 0. The van der Waals surface area contributed by atoms with E-state index in [0.29, 0.717) is 30.8 Å². The highest BCUT2D eigenvalue weighted by Crippen LogP contribution is 2.21. The lowest BCUT2D eigenvalue weighted by atomic mass is 9.88. The summed E-state index contributed by atoms with van der Waals surface area (Å²) < 4.78 is 5.52. The quantitative estimate of drug-likeness (QED) is 0.734. The zero-order valence-corrected chi connectivity index (χ0v) is 13.5. The van der Waals surface area contributed by atoms with Gasteiger partial charge in [-0.1, -0.05) is 26.8 Å². The number of hydrogen-bond acceptors (Lipinski definition) is 3. The summed E-state index contributed by atoms with van der Waals surface area (Å²) in [5.74, 6) is -0.540. The molecule has 0 aliphatic heterocycles. The van der Waals surface area contributed by atoms with Crippen LogP contribution in [0, 0.1) is 0 Å². The molecular formula is C17H25NO4. The number of ether oxygens (including phenoxy) is 1. The predicted molar refractivity (Wildman–Crippen MR) is 85.3 cm³/mol. The smallest absolute Gasteiger partial charge is 0.305 e. The van der Waals surface area contributed by atoms with Gasteiger partial charge in [0.25, 0.3) is 5.91 Å². The summed E-state index contributed by atoms with van der Waals surface area (Å²) in [5, 5.41) is 12.0. The van der Waals surface area contributed by atoms with Crippen LogP contribution in [0.5, 0.6) is 5.75 Å². The third-order valence-corrected chi connectivity index (χ3v) is 3.79. The lowest BCUT2D eigenvalue weighted by molar-refractivity contribution is -0.138. The van der Waals surface area contributed by atoms with Gasteiger partial charge in [-0.3, -0.25) is 9.59 Å². The Labute approximate surface area is 131 Å². The molecule has 1 aromatic rings. The largest absolute Gasteiger partial charge is 0.494 e. The van der Waals surface area contributed by atoms with Gasteiger partial charge in [-0.15, -0.1) is 0 Å². The van der Waals surface area contributed by atoms with Crippen LogP contribution in [0.25, 0.3) is 0 Å². The van der Waals surface area contributed by atoms with Crippen LogP contribution in [0.2, 0.25) is 0 Å². The van der Waals surface area contributed by atoms with Crippen LogP contribution in [0.15, 0.2) is 24.3 Å². The van der Waals surface area contributed by atoms with Gasteiger partial charge in [0.05, 0.1) is 18.6 Å². The molecule has 0 atom stereocenters. The maximum atomic E-state index is 12.4. The van der Waals surface area contributed by atoms with Crippen molar-refractivity contribution >= 4 is 11.9 Å². The molecule has 22 heavy (non-hydrogen) atoms. The molecule has 0 aliphatic rings. The van der Waals surface area contributed by atoms with Crippen LogP contribution in [-0.4, -0.2) is 29.1 Å². The van der Waals surface area contributed by atoms with E-state index in [1.54, 1.807) is 24.3 Å². The van der Waals surface area contributed by atoms with Crippen LogP contribution >= 0.6 is 0 Å². The number of aliphatic carboxylic acids is 1. The number of hydrogen-bond donors (Lipinski definition) is 2. The summed E-state index contributed by atoms with van der Waals surface area (Å²) in [6.45, 7) is 6.37. The number of rotatable bonds is 9. The fourth-order valence-corrected chi connectivity index (χ4v) is 2.27. The molecule has 0 aliphatic carbocycles. The monoisotopic (exact) mass is 307 g/mol. The summed E-state index contributed by atoms with van der Waals surface area (Å²) in [7, 11) is 0. The molecule has 1 rings (SSSR count). The van der Waals surface area contributed by atoms with Gasteiger partial charge in [0.15, 0.2) is 0 Å². The molecule has 0 saturated carbocycles. The average molecular weight is 307 g/mol. The highest BCUT2D eigenvalue weighted by atomic mass is 16.5. The van der Waals surface area contributed by atoms with E-state index < -0.39 is 11.5 Å². The summed E-state index contributed by atoms with van der Waals surface area (Å²) in [6.07, 6.45) is 1.93. The first-order chi connectivity index (χ1) is 10.5. The Bertz CT molecular complexity index is 509. The first-order valence-electron chi connectivity index (χ1n) is 7.73. The number of carboxylic acids is 1. The Morgan fingerprint density at radius 2 is 1.91 bits per heavy atom. The third-order valence-electron chi connectivity index (χ3n) is 3.79. The van der Waals surface area contributed by atoms with Gasteiger partial charge < -0.3 is 15.2 Å². The lowest BCUT2D eigenvalue weighted by Crippen LogP contribution is -2.49. The molecule has 0 aromatic heterocycles. The second kappa shape index (κ2) is 8.41. The van der Waals surface area contributed by atoms with Crippen LogP contribution in [0.1, 0.15) is 56.8 Å². The maximum Gasteiger partial charge on any atom is 0.305 e. The van der Waals surface area contributed by atoms with Crippen molar-refractivity contribution in [3.8, 4) is 5.75 Å². The zero-order chi connectivity index (χ0) is 16.6. The van der Waals surface area contributed by atoms with Gasteiger partial charge in [0.1, 0.15) is 5.75 Å². The second-order valence-electron chi connectivity index (χ2n) is 5.39. The van der Waals surface area contributed by atoms with E-state index in [1.807, 2.05) is 20.8 Å². The summed E-state index contributed by atoms with van der Waals surface area (Å²) in [5.41, 5.74) is -0.242. The van der Waals surface area contributed by atoms with Crippen LogP contribution in [0.4, 0.5) is 0 Å². The van der Waals surface area contributed by atoms with Crippen molar-refractivity contribution in [2.45, 2.75) is 52.0 Å². The number of carbonyl (C=O) groups is 2. The highest BCUT2D eigenvalue weighted by Gasteiger charge is 2.31. The van der Waals surface area contributed by atoms with Crippen molar-refractivity contribution in [1.29, 1.82) is 0 Å². The van der Waals surface area contributed by atoms with E-state index in [1.165, 1.54) is 0 Å². The Kier molecular flexibility index (Phi) is 6.89. The number of benzene rings is 1. The number of amides is 1. The molecule has 1 amide bonds. The predicted octanol–water partition coefficient (Wildman–Crippen LogP) is 3.24. The standard InChI is InChI=1S/C17H25NO4/c1-4-10-22-14-9-7-8-13(11-14)16(21)18-17(5-2,6-3)12-15(19)20/h7-9,11H,4-6,10,12H2,1-3H3,(H,18,21)(H,19,20). The molecule has 5 nitrogen and oxygen atoms in total. The normalized spacial score (nSPS) is 11.0. The second-order valence-corrected chi connectivity index (χ2v) is 5.39. The van der Waals surface area contributed by atoms with E-state index in [-0.39, 0.29) is 12.3 Å². The molecule has 122 valence electrons. The third kappa shape index (κ3) is 5.06. The molecule has 2 N–H and O–H groups in total. The van der Waals surface area contributed by atoms with Crippen molar-refractivity contribution in [2.24, 2.45) is 0 Å². The van der Waals surface area contributed by atoms with Gasteiger partial charge in [0.2, 0.25) is 0 Å². The fourth-order valence-electron chi connectivity index (χ4n) is 2.27. The van der Waals surface area contributed by atoms with Crippen LogP contribution in [0.3, 0.4) is 0 Å². The SMILES string of the molecule is CCCOc1cccc(C(=O)NC(CC)(CC)CC(=O)O)c1. The van der Waals surface area contributed by atoms with E-state index in [9.17, 15) is 9.59 Å². The number of carbonyl (C=O) groups excluding carboxylic acids is 1. The van der Waals surface area contributed by atoms with Crippen molar-refractivity contribution in [2.75, 3.05) is 6.61 Å². The summed E-state index contributed by atoms with van der Waals surface area (Å²) in [6, 6.07) is 6.94. The van der Waals surface area contributed by atoms with Crippen molar-refractivity contribution < 1.29 is 19.4 Å². The Balaban J connectivity index is 2.87. The Morgan fingerprint density at radius 3 is 2.45 bits per heavy atom. The van der Waals surface area contributed by atoms with E-state index in [4.69, 9.17) is 9.84 Å². The van der Waals surface area contributed by atoms with Crippen molar-refractivity contribution in [1.82, 2.24) is 5.32 Å². The molecule has 0 spiro atoms. The first kappa shape index (κ1) is 18.0. The van der Waals surface area contributed by atoms with Crippen LogP contribution in [-0.2, 0) is 4.79 Å². The summed E-state index contributed by atoms with van der Waals surface area (Å²) in [4.78, 5) is 23.5. The van der Waals surface area contributed by atoms with Gasteiger partial charge in [-0.05, 0) is 37.5 Å². The first-order valence-corrected chi connectivity index (χ1v) is 7.73. The van der Waals surface area contributed by atoms with E-state index >= 15 is 0 Å². The molecule has 0 bridgehead atoms. The number of nitrogens with one attached hydrogen (secondary N) is 1. The van der Waals surface area contributed by atoms with E-state index in [0.717, 1.165) is 6.42 Å². The molecule has 0 unspecified atom stereocenters. The van der Waals surface area contributed by atoms with Crippen molar-refractivity contribution in [3.63, 3.8) is 0 Å². The zero-order valence-electron chi connectivity index (χ0n) is 13.5. The Hall–Kier alpha value is -2.04. The van der Waals surface area contributed by atoms with Gasteiger partial charge in [-0.25, -0.2) is 0 Å². The molecule has 0 heterocycles. The molecule has 0 fully saturated rings. The molecule has 0 radical (unpaired) electrons. The minimum Gasteiger partial charge on any atom is -0.494 e. The topological polar surface area (TPSA) is 75.6 Å². The van der Waals surface area contributed by atoms with E-state index in [2.05, 4.69) is 5.32 Å². The molecular weight excluding hydrogens is 282 g/mol. The maximum absolute atomic E-state index is 12.4. The average Bonchev–Trinajstić information content (AvgIpc) is 2.51. The molecule has 5 heteroatoms. The highest BCUT2D eigenvalue weighted by molar-refractivity contribution is 5.95. The lowest BCUT2D eigenvalue weighted by Gasteiger charge is -2.31. The van der Waals surface area contributed by atoms with Gasteiger partial charge in [-0.2, -0.15) is 0 Å². The minimum absolute atomic E-state index is 0.0856. The van der Waals surface area contributed by atoms with Gasteiger partial charge >= 0.3 is 5.97 Å².